The number of carbonyl (C=O) groups is 1. The van der Waals surface area contributed by atoms with E-state index in [-0.39, 0.29) is 11.9 Å². The molecule has 0 radical (unpaired) electrons. The predicted molar refractivity (Wildman–Crippen MR) is 112 cm³/mol. The second-order valence-electron chi connectivity index (χ2n) is 7.38. The molecule has 0 fully saturated rings. The minimum absolute atomic E-state index is 0.141. The van der Waals surface area contributed by atoms with Crippen LogP contribution in [0.3, 0.4) is 0 Å². The van der Waals surface area contributed by atoms with Gasteiger partial charge in [0, 0.05) is 10.4 Å². The second kappa shape index (κ2) is 7.69. The van der Waals surface area contributed by atoms with Crippen LogP contribution >= 0.6 is 11.3 Å². The van der Waals surface area contributed by atoms with Crippen molar-refractivity contribution in [2.24, 2.45) is 0 Å². The number of aryl methyl sites for hydroxylation is 3. The van der Waals surface area contributed by atoms with Gasteiger partial charge in [0.2, 0.25) is 0 Å². The maximum atomic E-state index is 13.6. The van der Waals surface area contributed by atoms with E-state index in [1.54, 1.807) is 11.3 Å². The van der Waals surface area contributed by atoms with Crippen molar-refractivity contribution in [3.63, 3.8) is 0 Å². The van der Waals surface area contributed by atoms with Crippen LogP contribution in [0.5, 0.6) is 0 Å². The molecule has 3 heteroatoms. The zero-order valence-electron chi connectivity index (χ0n) is 15.9. The first kappa shape index (κ1) is 18.0. The second-order valence-corrected chi connectivity index (χ2v) is 8.38. The van der Waals surface area contributed by atoms with Crippen molar-refractivity contribution < 1.29 is 4.79 Å². The molecule has 1 aliphatic carbocycles. The number of thiophene rings is 1. The molecule has 3 aromatic rings. The normalized spacial score (nSPS) is 16.0. The Hall–Kier alpha value is -2.39. The minimum atomic E-state index is 0.141. The zero-order valence-corrected chi connectivity index (χ0v) is 16.8. The molecule has 1 heterocycles. The number of hydrogen-bond donors (Lipinski definition) is 0. The van der Waals surface area contributed by atoms with Crippen molar-refractivity contribution in [2.45, 2.75) is 45.7 Å². The van der Waals surface area contributed by atoms with Crippen molar-refractivity contribution in [1.29, 1.82) is 0 Å². The molecule has 0 bridgehead atoms. The number of amides is 1. The molecule has 4 rings (SSSR count). The van der Waals surface area contributed by atoms with Gasteiger partial charge < -0.3 is 4.90 Å². The predicted octanol–water partition coefficient (Wildman–Crippen LogP) is 6.08. The molecule has 1 aliphatic rings. The van der Waals surface area contributed by atoms with Gasteiger partial charge in [-0.1, -0.05) is 42.5 Å². The maximum absolute atomic E-state index is 13.6. The highest BCUT2D eigenvalue weighted by Crippen LogP contribution is 2.37. The van der Waals surface area contributed by atoms with Gasteiger partial charge in [-0.05, 0) is 72.9 Å². The van der Waals surface area contributed by atoms with E-state index >= 15 is 0 Å². The lowest BCUT2D eigenvalue weighted by molar-refractivity contribution is 0.0639. The lowest BCUT2D eigenvalue weighted by Crippen LogP contribution is -2.36. The van der Waals surface area contributed by atoms with Gasteiger partial charge in [-0.25, -0.2) is 0 Å². The molecular weight excluding hydrogens is 350 g/mol. The number of nitrogens with zero attached hydrogens (tertiary/aromatic N) is 1. The van der Waals surface area contributed by atoms with Gasteiger partial charge in [0.15, 0.2) is 0 Å². The first-order valence-electron chi connectivity index (χ1n) is 9.62. The molecule has 0 saturated carbocycles. The van der Waals surface area contributed by atoms with Gasteiger partial charge >= 0.3 is 0 Å². The third-order valence-electron chi connectivity index (χ3n) is 5.63. The largest absolute Gasteiger partial charge is 0.326 e. The molecular formula is C24H25NOS. The van der Waals surface area contributed by atoms with Crippen LogP contribution in [0.15, 0.2) is 60.0 Å². The highest BCUT2D eigenvalue weighted by Gasteiger charge is 2.30. The molecule has 0 N–H and O–H groups in total. The molecule has 2 aromatic carbocycles. The van der Waals surface area contributed by atoms with Gasteiger partial charge in [-0.15, -0.1) is 11.3 Å². The van der Waals surface area contributed by atoms with Crippen LogP contribution in [-0.2, 0) is 13.0 Å². The molecule has 2 nitrogen and oxygen atoms in total. The molecule has 0 saturated heterocycles. The fraction of sp³-hybridized carbons (Fsp3) is 0.292. The lowest BCUT2D eigenvalue weighted by atomic mass is 9.86. The molecule has 0 aliphatic heterocycles. The first-order valence-corrected chi connectivity index (χ1v) is 10.5. The summed E-state index contributed by atoms with van der Waals surface area (Å²) < 4.78 is 0. The number of benzene rings is 2. The Morgan fingerprint density at radius 3 is 2.59 bits per heavy atom. The fourth-order valence-corrected chi connectivity index (χ4v) is 4.97. The molecule has 27 heavy (non-hydrogen) atoms. The standard InChI is InChI=1S/C24H25NOS/c1-17-8-3-5-11-20(17)24(26)25(16-23-18(2)14-15-27-23)22-13-7-10-19-9-4-6-12-21(19)22/h3-6,8-9,11-12,14-15,22H,7,10,13,16H2,1-2H3. The highest BCUT2D eigenvalue weighted by atomic mass is 32.1. The van der Waals surface area contributed by atoms with Crippen LogP contribution in [0.2, 0.25) is 0 Å². The Kier molecular flexibility index (Phi) is 5.13. The van der Waals surface area contributed by atoms with E-state index < -0.39 is 0 Å². The topological polar surface area (TPSA) is 20.3 Å². The van der Waals surface area contributed by atoms with E-state index in [4.69, 9.17) is 0 Å². The third kappa shape index (κ3) is 3.57. The van der Waals surface area contributed by atoms with Crippen molar-refractivity contribution in [1.82, 2.24) is 4.90 Å². The zero-order chi connectivity index (χ0) is 18.8. The summed E-state index contributed by atoms with van der Waals surface area (Å²) in [6.45, 7) is 4.84. The fourth-order valence-electron chi connectivity index (χ4n) is 4.06. The molecule has 1 amide bonds. The van der Waals surface area contributed by atoms with Gasteiger partial charge in [-0.3, -0.25) is 4.79 Å². The summed E-state index contributed by atoms with van der Waals surface area (Å²) in [6.07, 6.45) is 3.26. The molecule has 138 valence electrons. The number of hydrogen-bond acceptors (Lipinski definition) is 2. The smallest absolute Gasteiger partial charge is 0.254 e. The Morgan fingerprint density at radius 2 is 1.81 bits per heavy atom. The van der Waals surface area contributed by atoms with E-state index in [9.17, 15) is 4.79 Å². The van der Waals surface area contributed by atoms with E-state index in [0.29, 0.717) is 6.54 Å². The highest BCUT2D eigenvalue weighted by molar-refractivity contribution is 7.10. The Morgan fingerprint density at radius 1 is 1.04 bits per heavy atom. The molecule has 1 atom stereocenters. The summed E-state index contributed by atoms with van der Waals surface area (Å²) in [4.78, 5) is 17.0. The van der Waals surface area contributed by atoms with Crippen LogP contribution in [0.1, 0.15) is 56.4 Å². The quantitative estimate of drug-likeness (QED) is 0.541. The average Bonchev–Trinajstić information content (AvgIpc) is 3.10. The third-order valence-corrected chi connectivity index (χ3v) is 6.64. The minimum Gasteiger partial charge on any atom is -0.326 e. The SMILES string of the molecule is Cc1ccccc1C(=O)N(Cc1sccc1C)C1CCCc2ccccc21. The van der Waals surface area contributed by atoms with E-state index in [1.807, 2.05) is 31.2 Å². The number of carbonyl (C=O) groups excluding carboxylic acids is 1. The maximum Gasteiger partial charge on any atom is 0.254 e. The van der Waals surface area contributed by atoms with Crippen LogP contribution < -0.4 is 0 Å². The van der Waals surface area contributed by atoms with E-state index in [0.717, 1.165) is 30.4 Å². The first-order chi connectivity index (χ1) is 13.1. The number of rotatable bonds is 4. The van der Waals surface area contributed by atoms with Crippen molar-refractivity contribution >= 4 is 17.2 Å². The van der Waals surface area contributed by atoms with Crippen LogP contribution in [0, 0.1) is 13.8 Å². The van der Waals surface area contributed by atoms with Crippen LogP contribution in [0.4, 0.5) is 0 Å². The monoisotopic (exact) mass is 375 g/mol. The summed E-state index contributed by atoms with van der Waals surface area (Å²) in [6, 6.07) is 18.9. The average molecular weight is 376 g/mol. The van der Waals surface area contributed by atoms with E-state index in [2.05, 4.69) is 47.5 Å². The summed E-state index contributed by atoms with van der Waals surface area (Å²) >= 11 is 1.75. The summed E-state index contributed by atoms with van der Waals surface area (Å²) in [5.74, 6) is 0.141. The Labute approximate surface area is 165 Å². The van der Waals surface area contributed by atoms with Gasteiger partial charge in [-0.2, -0.15) is 0 Å². The van der Waals surface area contributed by atoms with Gasteiger partial charge in [0.05, 0.1) is 12.6 Å². The van der Waals surface area contributed by atoms with Crippen molar-refractivity contribution in [3.8, 4) is 0 Å². The Bertz CT molecular complexity index is 958. The van der Waals surface area contributed by atoms with Crippen molar-refractivity contribution in [2.75, 3.05) is 0 Å². The number of fused-ring (bicyclic) bond motifs is 1. The summed E-state index contributed by atoms with van der Waals surface area (Å²) in [5, 5.41) is 2.12. The van der Waals surface area contributed by atoms with E-state index in [1.165, 1.54) is 21.6 Å². The van der Waals surface area contributed by atoms with Crippen LogP contribution in [0.25, 0.3) is 0 Å². The Balaban J connectivity index is 1.76. The lowest BCUT2D eigenvalue weighted by Gasteiger charge is -2.36. The molecule has 1 unspecified atom stereocenters. The van der Waals surface area contributed by atoms with Crippen LogP contribution in [-0.4, -0.2) is 10.8 Å². The van der Waals surface area contributed by atoms with Crippen molar-refractivity contribution in [3.05, 3.63) is 92.7 Å². The summed E-state index contributed by atoms with van der Waals surface area (Å²) in [7, 11) is 0. The van der Waals surface area contributed by atoms with Gasteiger partial charge in [0.25, 0.3) is 5.91 Å². The van der Waals surface area contributed by atoms with Gasteiger partial charge in [0.1, 0.15) is 0 Å². The molecule has 0 spiro atoms. The summed E-state index contributed by atoms with van der Waals surface area (Å²) in [5.41, 5.74) is 5.83. The molecule has 1 aromatic heterocycles.